The summed E-state index contributed by atoms with van der Waals surface area (Å²) in [7, 11) is 0. The molecule has 0 bridgehead atoms. The Bertz CT molecular complexity index is 605. The van der Waals surface area contributed by atoms with Gasteiger partial charge in [0.25, 0.3) is 0 Å². The normalized spacial score (nSPS) is 18.6. The van der Waals surface area contributed by atoms with Crippen molar-refractivity contribution in [3.8, 4) is 0 Å². The summed E-state index contributed by atoms with van der Waals surface area (Å²) in [5.41, 5.74) is 0. The standard InChI is InChI=1S/C15H22N6O/c1-2-13-16-6-9-20(13)8-5-14(22)21-7-3-4-12(10-21)15-17-11-18-19-15/h6,9,11-12H,2-5,7-8,10H2,1H3,(H,17,18,19)/t12-/m0/s1. The van der Waals surface area contributed by atoms with Crippen molar-refractivity contribution in [1.82, 2.24) is 29.6 Å². The number of aryl methyl sites for hydroxylation is 2. The fourth-order valence-corrected chi connectivity index (χ4v) is 3.07. The van der Waals surface area contributed by atoms with Crippen molar-refractivity contribution in [3.63, 3.8) is 0 Å². The first-order chi connectivity index (χ1) is 10.8. The predicted molar refractivity (Wildman–Crippen MR) is 81.2 cm³/mol. The Morgan fingerprint density at radius 1 is 1.45 bits per heavy atom. The van der Waals surface area contributed by atoms with Crippen LogP contribution in [0, 0.1) is 0 Å². The van der Waals surface area contributed by atoms with E-state index in [4.69, 9.17) is 0 Å². The Labute approximate surface area is 129 Å². The maximum absolute atomic E-state index is 12.5. The molecule has 0 saturated carbocycles. The Hall–Kier alpha value is -2.18. The van der Waals surface area contributed by atoms with Crippen LogP contribution in [0.2, 0.25) is 0 Å². The quantitative estimate of drug-likeness (QED) is 0.904. The van der Waals surface area contributed by atoms with Crippen LogP contribution in [-0.4, -0.2) is 48.6 Å². The fraction of sp³-hybridized carbons (Fsp3) is 0.600. The van der Waals surface area contributed by atoms with Crippen molar-refractivity contribution in [2.24, 2.45) is 0 Å². The van der Waals surface area contributed by atoms with E-state index >= 15 is 0 Å². The average molecular weight is 302 g/mol. The second-order valence-corrected chi connectivity index (χ2v) is 5.69. The van der Waals surface area contributed by atoms with Gasteiger partial charge in [-0.15, -0.1) is 0 Å². The van der Waals surface area contributed by atoms with E-state index in [2.05, 4.69) is 31.7 Å². The minimum Gasteiger partial charge on any atom is -0.342 e. The van der Waals surface area contributed by atoms with Crippen LogP contribution < -0.4 is 0 Å². The molecule has 2 aromatic heterocycles. The Morgan fingerprint density at radius 2 is 2.36 bits per heavy atom. The van der Waals surface area contributed by atoms with Gasteiger partial charge in [0.2, 0.25) is 5.91 Å². The molecule has 0 unspecified atom stereocenters. The number of hydrogen-bond acceptors (Lipinski definition) is 4. The van der Waals surface area contributed by atoms with Crippen LogP contribution >= 0.6 is 0 Å². The summed E-state index contributed by atoms with van der Waals surface area (Å²) in [6.07, 6.45) is 8.75. The monoisotopic (exact) mass is 302 g/mol. The molecule has 3 heterocycles. The minimum atomic E-state index is 0.208. The molecule has 22 heavy (non-hydrogen) atoms. The largest absolute Gasteiger partial charge is 0.342 e. The number of likely N-dealkylation sites (tertiary alicyclic amines) is 1. The summed E-state index contributed by atoms with van der Waals surface area (Å²) in [4.78, 5) is 22.9. The highest BCUT2D eigenvalue weighted by Gasteiger charge is 2.26. The molecule has 1 fully saturated rings. The van der Waals surface area contributed by atoms with Crippen LogP contribution in [0.1, 0.15) is 43.8 Å². The summed E-state index contributed by atoms with van der Waals surface area (Å²) in [5, 5.41) is 6.83. The highest BCUT2D eigenvalue weighted by Crippen LogP contribution is 2.24. The molecule has 1 aliphatic heterocycles. The molecule has 0 radical (unpaired) electrons. The van der Waals surface area contributed by atoms with E-state index in [1.54, 1.807) is 6.20 Å². The van der Waals surface area contributed by atoms with Gasteiger partial charge in [0.05, 0.1) is 0 Å². The lowest BCUT2D eigenvalue weighted by Gasteiger charge is -2.31. The number of aromatic amines is 1. The Morgan fingerprint density at radius 3 is 3.14 bits per heavy atom. The number of nitrogens with one attached hydrogen (secondary N) is 1. The second-order valence-electron chi connectivity index (χ2n) is 5.69. The first-order valence-corrected chi connectivity index (χ1v) is 7.91. The third-order valence-electron chi connectivity index (χ3n) is 4.28. The summed E-state index contributed by atoms with van der Waals surface area (Å²) < 4.78 is 2.07. The van der Waals surface area contributed by atoms with Gasteiger partial charge in [-0.25, -0.2) is 9.97 Å². The van der Waals surface area contributed by atoms with Gasteiger partial charge >= 0.3 is 0 Å². The fourth-order valence-electron chi connectivity index (χ4n) is 3.07. The van der Waals surface area contributed by atoms with Gasteiger partial charge in [0, 0.05) is 50.8 Å². The SMILES string of the molecule is CCc1nccn1CCC(=O)N1CCC[C@H](c2ncn[nH]2)C1. The third-order valence-corrected chi connectivity index (χ3v) is 4.28. The number of H-pyrrole nitrogens is 1. The average Bonchev–Trinajstić information content (AvgIpc) is 3.23. The van der Waals surface area contributed by atoms with Crippen LogP contribution in [-0.2, 0) is 17.8 Å². The number of nitrogens with zero attached hydrogens (tertiary/aromatic N) is 5. The zero-order chi connectivity index (χ0) is 15.4. The molecule has 7 nitrogen and oxygen atoms in total. The lowest BCUT2D eigenvalue weighted by molar-refractivity contribution is -0.132. The van der Waals surface area contributed by atoms with E-state index in [0.29, 0.717) is 13.0 Å². The summed E-state index contributed by atoms with van der Waals surface area (Å²) in [5.74, 6) is 2.41. The van der Waals surface area contributed by atoms with E-state index in [-0.39, 0.29) is 11.8 Å². The van der Waals surface area contributed by atoms with Crippen molar-refractivity contribution in [3.05, 3.63) is 30.4 Å². The molecule has 118 valence electrons. The maximum Gasteiger partial charge on any atom is 0.224 e. The zero-order valence-corrected chi connectivity index (χ0v) is 12.9. The van der Waals surface area contributed by atoms with Crippen molar-refractivity contribution < 1.29 is 4.79 Å². The Balaban J connectivity index is 1.55. The number of carbonyl (C=O) groups excluding carboxylic acids is 1. The molecule has 0 aromatic carbocycles. The van der Waals surface area contributed by atoms with Crippen molar-refractivity contribution in [2.45, 2.75) is 45.1 Å². The number of imidazole rings is 1. The highest BCUT2D eigenvalue weighted by molar-refractivity contribution is 5.76. The molecular formula is C15H22N6O. The molecule has 2 aromatic rings. The van der Waals surface area contributed by atoms with Gasteiger partial charge in [-0.05, 0) is 12.8 Å². The van der Waals surface area contributed by atoms with E-state index in [0.717, 1.165) is 44.0 Å². The van der Waals surface area contributed by atoms with Gasteiger partial charge in [-0.3, -0.25) is 9.89 Å². The first kappa shape index (κ1) is 14.7. The smallest absolute Gasteiger partial charge is 0.224 e. The number of hydrogen-bond donors (Lipinski definition) is 1. The van der Waals surface area contributed by atoms with Crippen LogP contribution in [0.5, 0.6) is 0 Å². The number of amides is 1. The molecule has 3 rings (SSSR count). The maximum atomic E-state index is 12.5. The minimum absolute atomic E-state index is 0.208. The molecule has 1 saturated heterocycles. The summed E-state index contributed by atoms with van der Waals surface area (Å²) in [6.45, 7) is 4.35. The number of carbonyl (C=O) groups is 1. The van der Waals surface area contributed by atoms with E-state index in [9.17, 15) is 4.79 Å². The predicted octanol–water partition coefficient (Wildman–Crippen LogP) is 1.36. The lowest BCUT2D eigenvalue weighted by atomic mass is 9.97. The van der Waals surface area contributed by atoms with Crippen LogP contribution in [0.3, 0.4) is 0 Å². The molecule has 1 aliphatic rings. The van der Waals surface area contributed by atoms with Gasteiger partial charge < -0.3 is 9.47 Å². The second kappa shape index (κ2) is 6.72. The number of rotatable bonds is 5. The highest BCUT2D eigenvalue weighted by atomic mass is 16.2. The van der Waals surface area contributed by atoms with Crippen LogP contribution in [0.4, 0.5) is 0 Å². The lowest BCUT2D eigenvalue weighted by Crippen LogP contribution is -2.39. The van der Waals surface area contributed by atoms with E-state index < -0.39 is 0 Å². The molecular weight excluding hydrogens is 280 g/mol. The molecule has 1 atom stereocenters. The third kappa shape index (κ3) is 3.18. The van der Waals surface area contributed by atoms with E-state index in [1.165, 1.54) is 6.33 Å². The molecule has 0 spiro atoms. The molecule has 1 N–H and O–H groups in total. The number of piperidine rings is 1. The van der Waals surface area contributed by atoms with Crippen molar-refractivity contribution in [1.29, 1.82) is 0 Å². The molecule has 7 heteroatoms. The van der Waals surface area contributed by atoms with Gasteiger partial charge in [-0.1, -0.05) is 6.92 Å². The first-order valence-electron chi connectivity index (χ1n) is 7.91. The summed E-state index contributed by atoms with van der Waals surface area (Å²) in [6, 6.07) is 0. The summed E-state index contributed by atoms with van der Waals surface area (Å²) >= 11 is 0. The number of aromatic nitrogens is 5. The van der Waals surface area contributed by atoms with Gasteiger partial charge in [0.1, 0.15) is 18.0 Å². The van der Waals surface area contributed by atoms with E-state index in [1.807, 2.05) is 11.1 Å². The Kier molecular flexibility index (Phi) is 4.50. The van der Waals surface area contributed by atoms with Crippen LogP contribution in [0.15, 0.2) is 18.7 Å². The van der Waals surface area contributed by atoms with Crippen molar-refractivity contribution >= 4 is 5.91 Å². The van der Waals surface area contributed by atoms with Crippen molar-refractivity contribution in [2.75, 3.05) is 13.1 Å². The van der Waals surface area contributed by atoms with Gasteiger partial charge in [0.15, 0.2) is 0 Å². The molecule has 1 amide bonds. The van der Waals surface area contributed by atoms with Gasteiger partial charge in [-0.2, -0.15) is 5.10 Å². The molecule has 0 aliphatic carbocycles. The topological polar surface area (TPSA) is 79.7 Å². The van der Waals surface area contributed by atoms with Crippen LogP contribution in [0.25, 0.3) is 0 Å². The zero-order valence-electron chi connectivity index (χ0n) is 12.9.